The number of aromatic nitrogens is 3. The second-order valence-corrected chi connectivity index (χ2v) is 5.33. The summed E-state index contributed by atoms with van der Waals surface area (Å²) in [6.07, 6.45) is 5.88. The first kappa shape index (κ1) is 16.3. The van der Waals surface area contributed by atoms with Crippen molar-refractivity contribution in [3.63, 3.8) is 0 Å². The molecule has 25 heavy (non-hydrogen) atoms. The van der Waals surface area contributed by atoms with Crippen LogP contribution in [-0.2, 0) is 11.2 Å². The number of nitrogens with zero attached hydrogens (tertiary/aromatic N) is 4. The summed E-state index contributed by atoms with van der Waals surface area (Å²) in [6, 6.07) is 9.52. The number of carbonyl (C=O) groups is 1. The van der Waals surface area contributed by atoms with Gasteiger partial charge in [-0.2, -0.15) is 5.26 Å². The van der Waals surface area contributed by atoms with Crippen LogP contribution in [0.4, 0.5) is 5.69 Å². The quantitative estimate of drug-likeness (QED) is 0.738. The Balaban J connectivity index is 2.29. The predicted octanol–water partition coefficient (Wildman–Crippen LogP) is 2.47. The van der Waals surface area contributed by atoms with E-state index in [0.717, 1.165) is 17.9 Å². The van der Waals surface area contributed by atoms with Crippen molar-refractivity contribution in [3.8, 4) is 17.4 Å². The Labute approximate surface area is 144 Å². The molecule has 7 nitrogen and oxygen atoms in total. The summed E-state index contributed by atoms with van der Waals surface area (Å²) in [6.45, 7) is 2.02. The SMILES string of the molecule is CCc1nccn1-c1ccccc1-n1cc(C#N)c(N)c1C(=O)OC. The summed E-state index contributed by atoms with van der Waals surface area (Å²) in [7, 11) is 1.28. The molecule has 0 unspecified atom stereocenters. The topological polar surface area (TPSA) is 98.9 Å². The zero-order valence-electron chi connectivity index (χ0n) is 13.9. The number of esters is 1. The minimum absolute atomic E-state index is 0.102. The lowest BCUT2D eigenvalue weighted by atomic mass is 10.2. The molecule has 0 aliphatic carbocycles. The molecular weight excluding hydrogens is 318 g/mol. The van der Waals surface area contributed by atoms with E-state index in [9.17, 15) is 10.1 Å². The monoisotopic (exact) mass is 335 g/mol. The number of nitriles is 1. The number of benzene rings is 1. The van der Waals surface area contributed by atoms with Gasteiger partial charge in [0.1, 0.15) is 11.9 Å². The lowest BCUT2D eigenvalue weighted by Gasteiger charge is -2.15. The molecule has 1 aromatic carbocycles. The molecule has 0 fully saturated rings. The number of hydrogen-bond donors (Lipinski definition) is 1. The standard InChI is InChI=1S/C18H17N5O2/c1-3-15-21-8-9-22(15)13-6-4-5-7-14(13)23-11-12(10-19)16(20)17(23)18(24)25-2/h4-9,11H,3,20H2,1-2H3. The molecule has 2 N–H and O–H groups in total. The number of hydrogen-bond acceptors (Lipinski definition) is 5. The van der Waals surface area contributed by atoms with Crippen LogP contribution in [0.3, 0.4) is 0 Å². The van der Waals surface area contributed by atoms with Crippen LogP contribution in [0.25, 0.3) is 11.4 Å². The Morgan fingerprint density at radius 1 is 1.32 bits per heavy atom. The van der Waals surface area contributed by atoms with Crippen LogP contribution in [0.1, 0.15) is 28.8 Å². The third-order valence-electron chi connectivity index (χ3n) is 3.98. The molecule has 0 aliphatic rings. The molecule has 0 bridgehead atoms. The first-order valence-corrected chi connectivity index (χ1v) is 7.73. The molecule has 2 aromatic heterocycles. The fourth-order valence-corrected chi connectivity index (χ4v) is 2.79. The first-order chi connectivity index (χ1) is 12.1. The van der Waals surface area contributed by atoms with Crippen LogP contribution in [0.5, 0.6) is 0 Å². The van der Waals surface area contributed by atoms with Gasteiger partial charge in [0.2, 0.25) is 0 Å². The first-order valence-electron chi connectivity index (χ1n) is 7.73. The van der Waals surface area contributed by atoms with Crippen molar-refractivity contribution < 1.29 is 9.53 Å². The largest absolute Gasteiger partial charge is 0.464 e. The Bertz CT molecular complexity index is 978. The van der Waals surface area contributed by atoms with E-state index in [4.69, 9.17) is 10.5 Å². The van der Waals surface area contributed by atoms with Gasteiger partial charge in [-0.25, -0.2) is 9.78 Å². The predicted molar refractivity (Wildman–Crippen MR) is 92.7 cm³/mol. The van der Waals surface area contributed by atoms with Crippen molar-refractivity contribution in [2.75, 3.05) is 12.8 Å². The second-order valence-electron chi connectivity index (χ2n) is 5.33. The maximum absolute atomic E-state index is 12.2. The van der Waals surface area contributed by atoms with Crippen molar-refractivity contribution >= 4 is 11.7 Å². The highest BCUT2D eigenvalue weighted by atomic mass is 16.5. The van der Waals surface area contributed by atoms with Crippen LogP contribution < -0.4 is 5.73 Å². The molecule has 0 saturated carbocycles. The highest BCUT2D eigenvalue weighted by Crippen LogP contribution is 2.28. The van der Waals surface area contributed by atoms with E-state index in [1.807, 2.05) is 48.0 Å². The fraction of sp³-hybridized carbons (Fsp3) is 0.167. The molecule has 0 amide bonds. The van der Waals surface area contributed by atoms with Gasteiger partial charge in [0.25, 0.3) is 0 Å². The molecule has 2 heterocycles. The van der Waals surface area contributed by atoms with Crippen molar-refractivity contribution in [2.24, 2.45) is 0 Å². The number of nitrogens with two attached hydrogens (primary N) is 1. The number of ether oxygens (including phenoxy) is 1. The van der Waals surface area contributed by atoms with Crippen LogP contribution in [0.2, 0.25) is 0 Å². The van der Waals surface area contributed by atoms with Crippen LogP contribution in [-0.4, -0.2) is 27.2 Å². The smallest absolute Gasteiger partial charge is 0.357 e. The van der Waals surface area contributed by atoms with Crippen molar-refractivity contribution in [2.45, 2.75) is 13.3 Å². The number of carbonyl (C=O) groups excluding carboxylic acids is 1. The van der Waals surface area contributed by atoms with E-state index in [1.54, 1.807) is 17.0 Å². The van der Waals surface area contributed by atoms with E-state index in [0.29, 0.717) is 5.69 Å². The summed E-state index contributed by atoms with van der Waals surface area (Å²) in [4.78, 5) is 16.6. The Kier molecular flexibility index (Phi) is 4.27. The third kappa shape index (κ3) is 2.64. The molecule has 0 saturated heterocycles. The number of imidazole rings is 1. The molecule has 7 heteroatoms. The number of para-hydroxylation sites is 2. The number of rotatable bonds is 4. The van der Waals surface area contributed by atoms with Gasteiger partial charge in [-0.3, -0.25) is 0 Å². The average molecular weight is 335 g/mol. The zero-order valence-corrected chi connectivity index (χ0v) is 13.9. The molecule has 126 valence electrons. The second kappa shape index (κ2) is 6.53. The third-order valence-corrected chi connectivity index (χ3v) is 3.98. The number of aryl methyl sites for hydroxylation is 1. The number of anilines is 1. The van der Waals surface area contributed by atoms with E-state index >= 15 is 0 Å². The summed E-state index contributed by atoms with van der Waals surface area (Å²) in [5, 5.41) is 9.28. The highest BCUT2D eigenvalue weighted by Gasteiger charge is 2.23. The van der Waals surface area contributed by atoms with Crippen molar-refractivity contribution in [1.82, 2.24) is 14.1 Å². The summed E-state index contributed by atoms with van der Waals surface area (Å²) in [5.41, 5.74) is 7.96. The summed E-state index contributed by atoms with van der Waals surface area (Å²) >= 11 is 0. The van der Waals surface area contributed by atoms with Crippen LogP contribution >= 0.6 is 0 Å². The maximum atomic E-state index is 12.2. The Hall–Kier alpha value is -3.53. The molecule has 0 radical (unpaired) electrons. The summed E-state index contributed by atoms with van der Waals surface area (Å²) in [5.74, 6) is 0.280. The molecule has 0 aliphatic heterocycles. The van der Waals surface area contributed by atoms with Gasteiger partial charge in [-0.05, 0) is 12.1 Å². The van der Waals surface area contributed by atoms with Gasteiger partial charge in [0, 0.05) is 25.0 Å². The lowest BCUT2D eigenvalue weighted by Crippen LogP contribution is -2.13. The van der Waals surface area contributed by atoms with Crippen LogP contribution in [0, 0.1) is 11.3 Å². The fourth-order valence-electron chi connectivity index (χ4n) is 2.79. The molecule has 0 atom stereocenters. The average Bonchev–Trinajstić information content (AvgIpc) is 3.25. The lowest BCUT2D eigenvalue weighted by molar-refractivity contribution is 0.0593. The highest BCUT2D eigenvalue weighted by molar-refractivity contribution is 5.96. The van der Waals surface area contributed by atoms with Crippen LogP contribution in [0.15, 0.2) is 42.9 Å². The van der Waals surface area contributed by atoms with Crippen molar-refractivity contribution in [1.29, 1.82) is 5.26 Å². The van der Waals surface area contributed by atoms with Gasteiger partial charge in [0.15, 0.2) is 5.69 Å². The maximum Gasteiger partial charge on any atom is 0.357 e. The molecular formula is C18H17N5O2. The van der Waals surface area contributed by atoms with E-state index in [1.165, 1.54) is 7.11 Å². The van der Waals surface area contributed by atoms with Gasteiger partial charge in [-0.1, -0.05) is 19.1 Å². The van der Waals surface area contributed by atoms with E-state index in [2.05, 4.69) is 4.98 Å². The number of methoxy groups -OCH3 is 1. The van der Waals surface area contributed by atoms with E-state index < -0.39 is 5.97 Å². The van der Waals surface area contributed by atoms with Gasteiger partial charge in [0.05, 0.1) is 29.7 Å². The minimum atomic E-state index is -0.602. The Morgan fingerprint density at radius 3 is 2.60 bits per heavy atom. The zero-order chi connectivity index (χ0) is 18.0. The Morgan fingerprint density at radius 2 is 2.00 bits per heavy atom. The normalized spacial score (nSPS) is 10.4. The molecule has 3 rings (SSSR count). The number of nitrogen functional groups attached to an aromatic ring is 1. The minimum Gasteiger partial charge on any atom is -0.464 e. The summed E-state index contributed by atoms with van der Waals surface area (Å²) < 4.78 is 8.38. The van der Waals surface area contributed by atoms with Gasteiger partial charge < -0.3 is 19.6 Å². The molecule has 0 spiro atoms. The van der Waals surface area contributed by atoms with E-state index in [-0.39, 0.29) is 16.9 Å². The van der Waals surface area contributed by atoms with Gasteiger partial charge >= 0.3 is 5.97 Å². The van der Waals surface area contributed by atoms with Crippen molar-refractivity contribution in [3.05, 3.63) is 59.9 Å². The molecule has 3 aromatic rings. The van der Waals surface area contributed by atoms with Gasteiger partial charge in [-0.15, -0.1) is 0 Å².